The first-order valence-corrected chi connectivity index (χ1v) is 8.85. The van der Waals surface area contributed by atoms with Crippen molar-refractivity contribution in [3.63, 3.8) is 0 Å². The maximum atomic E-state index is 13.9. The Bertz CT molecular complexity index is 1200. The molecule has 4 aromatic rings. The zero-order valence-corrected chi connectivity index (χ0v) is 17.5. The minimum atomic E-state index is -1.10. The van der Waals surface area contributed by atoms with Gasteiger partial charge in [0.25, 0.3) is 0 Å². The van der Waals surface area contributed by atoms with Gasteiger partial charge < -0.3 is 5.11 Å². The monoisotopic (exact) mass is 589 g/mol. The second kappa shape index (κ2) is 8.67. The first-order valence-electron chi connectivity index (χ1n) is 8.03. The van der Waals surface area contributed by atoms with Crippen LogP contribution < -0.4 is 0 Å². The first kappa shape index (κ1) is 20.9. The molecular formula is C20H10F2N3O2PtS-. The molecule has 5 nitrogen and oxygen atoms in total. The number of thiophene rings is 1. The second-order valence-corrected chi connectivity index (χ2v) is 6.76. The van der Waals surface area contributed by atoms with Gasteiger partial charge in [0, 0.05) is 21.1 Å². The van der Waals surface area contributed by atoms with Crippen molar-refractivity contribution in [3.8, 4) is 32.4 Å². The quantitative estimate of drug-likeness (QED) is 0.276. The molecular weight excluding hydrogens is 579 g/mol. The topological polar surface area (TPSA) is 76.0 Å². The fourth-order valence-electron chi connectivity index (χ4n) is 2.57. The molecule has 0 aliphatic carbocycles. The standard InChI is InChI=1S/C20H10F2N3O2S.Pt/c21-18-10-7-11(19(22)25-18)12-3-1-4-13(23-12)16-8-9-17(28-16)14-5-2-6-15(24-14)20(26)27;/h1-6,8-10H,(H,26,27);/q-1;. The van der Waals surface area contributed by atoms with Gasteiger partial charge in [-0.05, 0) is 36.0 Å². The van der Waals surface area contributed by atoms with E-state index in [1.165, 1.54) is 17.4 Å². The summed E-state index contributed by atoms with van der Waals surface area (Å²) in [4.78, 5) is 24.4. The van der Waals surface area contributed by atoms with Crippen LogP contribution in [0.3, 0.4) is 0 Å². The van der Waals surface area contributed by atoms with E-state index in [1.54, 1.807) is 30.3 Å². The average molecular weight is 589 g/mol. The number of nitrogens with zero attached hydrogens (tertiary/aromatic N) is 3. The number of pyridine rings is 3. The number of carboxylic acids is 1. The third-order valence-electron chi connectivity index (χ3n) is 3.83. The Morgan fingerprint density at radius 2 is 1.52 bits per heavy atom. The van der Waals surface area contributed by atoms with Crippen LogP contribution in [0.25, 0.3) is 32.4 Å². The van der Waals surface area contributed by atoms with Crippen LogP contribution in [0.1, 0.15) is 10.5 Å². The van der Waals surface area contributed by atoms with E-state index in [1.807, 2.05) is 12.1 Å². The third kappa shape index (κ3) is 4.44. The molecule has 0 saturated carbocycles. The normalized spacial score (nSPS) is 10.4. The summed E-state index contributed by atoms with van der Waals surface area (Å²) in [6.45, 7) is 0. The number of carboxylic acid groups (broad SMARTS) is 1. The number of halogens is 2. The summed E-state index contributed by atoms with van der Waals surface area (Å²) in [6.07, 6.45) is 0. The fraction of sp³-hybridized carbons (Fsp3) is 0. The first-order chi connectivity index (χ1) is 13.5. The van der Waals surface area contributed by atoms with Crippen LogP contribution in [-0.4, -0.2) is 26.0 Å². The predicted molar refractivity (Wildman–Crippen MR) is 99.7 cm³/mol. The van der Waals surface area contributed by atoms with Crippen molar-refractivity contribution in [2.75, 3.05) is 0 Å². The SMILES string of the molecule is O=C(O)c1cccc(-c2ccc(-c3cccc(-c4[c-]cc(F)nc4F)n3)s2)n1.[Pt]. The smallest absolute Gasteiger partial charge is 0.354 e. The molecule has 0 unspecified atom stereocenters. The predicted octanol–water partition coefficient (Wildman–Crippen LogP) is 4.71. The van der Waals surface area contributed by atoms with E-state index in [0.29, 0.717) is 11.4 Å². The minimum Gasteiger partial charge on any atom is -0.477 e. The van der Waals surface area contributed by atoms with Crippen molar-refractivity contribution >= 4 is 17.3 Å². The van der Waals surface area contributed by atoms with Gasteiger partial charge in [0.1, 0.15) is 17.6 Å². The van der Waals surface area contributed by atoms with Gasteiger partial charge >= 0.3 is 5.97 Å². The van der Waals surface area contributed by atoms with E-state index in [4.69, 9.17) is 5.11 Å². The average Bonchev–Trinajstić information content (AvgIpc) is 3.18. The van der Waals surface area contributed by atoms with Crippen LogP contribution in [0.5, 0.6) is 0 Å². The molecule has 4 heterocycles. The maximum Gasteiger partial charge on any atom is 0.354 e. The summed E-state index contributed by atoms with van der Waals surface area (Å²) >= 11 is 1.37. The van der Waals surface area contributed by atoms with Gasteiger partial charge in [0.2, 0.25) is 0 Å². The molecule has 29 heavy (non-hydrogen) atoms. The molecule has 1 N–H and O–H groups in total. The largest absolute Gasteiger partial charge is 0.477 e. The summed E-state index contributed by atoms with van der Waals surface area (Å²) < 4.78 is 26.9. The number of hydrogen-bond donors (Lipinski definition) is 1. The number of rotatable bonds is 4. The summed E-state index contributed by atoms with van der Waals surface area (Å²) in [7, 11) is 0. The van der Waals surface area contributed by atoms with Crippen LogP contribution in [0.15, 0.2) is 54.6 Å². The van der Waals surface area contributed by atoms with Crippen molar-refractivity contribution in [1.29, 1.82) is 0 Å². The Morgan fingerprint density at radius 1 is 0.897 bits per heavy atom. The van der Waals surface area contributed by atoms with Crippen molar-refractivity contribution in [2.24, 2.45) is 0 Å². The molecule has 4 aromatic heterocycles. The Balaban J connectivity index is 0.00000240. The Morgan fingerprint density at radius 3 is 2.17 bits per heavy atom. The van der Waals surface area contributed by atoms with E-state index in [-0.39, 0.29) is 38.0 Å². The fourth-order valence-corrected chi connectivity index (χ4v) is 3.51. The number of aromatic nitrogens is 3. The maximum absolute atomic E-state index is 13.9. The molecule has 0 fully saturated rings. The number of carbonyl (C=O) groups is 1. The molecule has 0 atom stereocenters. The summed E-state index contributed by atoms with van der Waals surface area (Å²) in [5, 5.41) is 9.09. The molecule has 0 radical (unpaired) electrons. The molecule has 0 amide bonds. The Hall–Kier alpha value is -2.83. The molecule has 148 valence electrons. The van der Waals surface area contributed by atoms with Crippen molar-refractivity contribution in [3.05, 3.63) is 78.3 Å². The van der Waals surface area contributed by atoms with Gasteiger partial charge in [-0.15, -0.1) is 17.4 Å². The van der Waals surface area contributed by atoms with Gasteiger partial charge in [0.05, 0.1) is 21.1 Å². The van der Waals surface area contributed by atoms with Crippen LogP contribution in [-0.2, 0) is 21.1 Å². The molecule has 4 rings (SSSR count). The number of hydrogen-bond acceptors (Lipinski definition) is 5. The van der Waals surface area contributed by atoms with Gasteiger partial charge in [-0.3, -0.25) is 9.97 Å². The molecule has 0 spiro atoms. The number of aromatic carboxylic acids is 1. The summed E-state index contributed by atoms with van der Waals surface area (Å²) in [6, 6.07) is 16.9. The molecule has 0 aliphatic rings. The molecule has 0 bridgehead atoms. The van der Waals surface area contributed by atoms with E-state index < -0.39 is 17.9 Å². The van der Waals surface area contributed by atoms with Crippen molar-refractivity contribution in [1.82, 2.24) is 15.0 Å². The van der Waals surface area contributed by atoms with Gasteiger partial charge in [0.15, 0.2) is 0 Å². The zero-order chi connectivity index (χ0) is 19.7. The van der Waals surface area contributed by atoms with Crippen LogP contribution in [0.4, 0.5) is 8.78 Å². The van der Waals surface area contributed by atoms with Crippen molar-refractivity contribution in [2.45, 2.75) is 0 Å². The van der Waals surface area contributed by atoms with Crippen LogP contribution >= 0.6 is 11.3 Å². The van der Waals surface area contributed by atoms with Crippen molar-refractivity contribution < 1.29 is 39.7 Å². The van der Waals surface area contributed by atoms with E-state index in [2.05, 4.69) is 21.0 Å². The molecule has 0 aliphatic heterocycles. The van der Waals surface area contributed by atoms with Crippen LogP contribution in [0.2, 0.25) is 0 Å². The minimum absolute atomic E-state index is 0. The van der Waals surface area contributed by atoms with E-state index in [9.17, 15) is 13.6 Å². The molecule has 9 heteroatoms. The summed E-state index contributed by atoms with van der Waals surface area (Å²) in [5.41, 5.74) is 1.34. The van der Waals surface area contributed by atoms with Gasteiger partial charge in [-0.2, -0.15) is 0 Å². The second-order valence-electron chi connectivity index (χ2n) is 5.67. The Labute approximate surface area is 182 Å². The van der Waals surface area contributed by atoms with E-state index in [0.717, 1.165) is 15.8 Å². The van der Waals surface area contributed by atoms with Gasteiger partial charge in [-0.1, -0.05) is 29.8 Å². The van der Waals surface area contributed by atoms with Crippen LogP contribution in [0, 0.1) is 18.0 Å². The summed E-state index contributed by atoms with van der Waals surface area (Å²) in [5.74, 6) is -3.03. The Kier molecular flexibility index (Phi) is 6.25. The zero-order valence-electron chi connectivity index (χ0n) is 14.4. The van der Waals surface area contributed by atoms with Gasteiger partial charge in [-0.25, -0.2) is 18.6 Å². The molecule has 0 aromatic carbocycles. The van der Waals surface area contributed by atoms with E-state index >= 15 is 0 Å². The third-order valence-corrected chi connectivity index (χ3v) is 4.96. The molecule has 0 saturated heterocycles.